The van der Waals surface area contributed by atoms with Gasteiger partial charge in [-0.2, -0.15) is 0 Å². The van der Waals surface area contributed by atoms with E-state index in [4.69, 9.17) is 15.2 Å². The summed E-state index contributed by atoms with van der Waals surface area (Å²) in [7, 11) is 0. The van der Waals surface area contributed by atoms with Crippen molar-refractivity contribution in [3.63, 3.8) is 0 Å². The predicted molar refractivity (Wildman–Crippen MR) is 75.6 cm³/mol. The smallest absolute Gasteiger partial charge is 0.189 e. The number of guanidine groups is 1. The van der Waals surface area contributed by atoms with Crippen molar-refractivity contribution in [2.24, 2.45) is 10.7 Å². The fraction of sp³-hybridized carbons (Fsp3) is 0.500. The highest BCUT2D eigenvalue weighted by atomic mass is 16.5. The summed E-state index contributed by atoms with van der Waals surface area (Å²) < 4.78 is 11.4. The third-order valence-corrected chi connectivity index (χ3v) is 2.71. The fourth-order valence-electron chi connectivity index (χ4n) is 1.89. The largest absolute Gasteiger partial charge is 0.490 e. The van der Waals surface area contributed by atoms with E-state index in [1.807, 2.05) is 32.0 Å². The van der Waals surface area contributed by atoms with Crippen LogP contribution in [0.1, 0.15) is 25.8 Å². The van der Waals surface area contributed by atoms with E-state index in [9.17, 15) is 0 Å². The van der Waals surface area contributed by atoms with Crippen LogP contribution in [0.15, 0.2) is 23.2 Å². The standard InChI is InChI=1S/C14H21N3O2/c1-10(2)17-14(15)16-9-11-5-3-6-12-13(11)19-8-4-7-18-12/h3,5-6,10H,4,7-9H2,1-2H3,(H3,15,16,17). The van der Waals surface area contributed by atoms with Crippen LogP contribution in [-0.2, 0) is 6.54 Å². The molecule has 5 heteroatoms. The Balaban J connectivity index is 2.12. The lowest BCUT2D eigenvalue weighted by molar-refractivity contribution is 0.296. The van der Waals surface area contributed by atoms with Crippen LogP contribution in [0.25, 0.3) is 0 Å². The number of benzene rings is 1. The zero-order chi connectivity index (χ0) is 13.7. The highest BCUT2D eigenvalue weighted by molar-refractivity contribution is 5.78. The molecule has 0 atom stereocenters. The highest BCUT2D eigenvalue weighted by Gasteiger charge is 2.13. The molecule has 0 saturated carbocycles. The zero-order valence-electron chi connectivity index (χ0n) is 11.5. The topological polar surface area (TPSA) is 68.9 Å². The van der Waals surface area contributed by atoms with Crippen molar-refractivity contribution in [2.45, 2.75) is 32.9 Å². The molecule has 2 rings (SSSR count). The Morgan fingerprint density at radius 1 is 1.37 bits per heavy atom. The van der Waals surface area contributed by atoms with Crippen LogP contribution in [0, 0.1) is 0 Å². The molecule has 1 aliphatic rings. The van der Waals surface area contributed by atoms with E-state index >= 15 is 0 Å². The monoisotopic (exact) mass is 263 g/mol. The van der Waals surface area contributed by atoms with E-state index in [1.165, 1.54) is 0 Å². The molecule has 1 aliphatic heterocycles. The number of nitrogens with one attached hydrogen (secondary N) is 1. The lowest BCUT2D eigenvalue weighted by Gasteiger charge is -2.12. The molecule has 0 aliphatic carbocycles. The van der Waals surface area contributed by atoms with Gasteiger partial charge in [-0.15, -0.1) is 0 Å². The van der Waals surface area contributed by atoms with Gasteiger partial charge in [0.25, 0.3) is 0 Å². The van der Waals surface area contributed by atoms with Gasteiger partial charge >= 0.3 is 0 Å². The van der Waals surface area contributed by atoms with Gasteiger partial charge in [-0.1, -0.05) is 12.1 Å². The Kier molecular flexibility index (Phi) is 4.49. The van der Waals surface area contributed by atoms with Gasteiger partial charge in [0.2, 0.25) is 0 Å². The Morgan fingerprint density at radius 3 is 2.95 bits per heavy atom. The molecule has 0 saturated heterocycles. The van der Waals surface area contributed by atoms with Gasteiger partial charge < -0.3 is 20.5 Å². The van der Waals surface area contributed by atoms with Crippen molar-refractivity contribution >= 4 is 5.96 Å². The number of ether oxygens (including phenoxy) is 2. The number of nitrogens with two attached hydrogens (primary N) is 1. The van der Waals surface area contributed by atoms with Crippen molar-refractivity contribution in [2.75, 3.05) is 13.2 Å². The van der Waals surface area contributed by atoms with Crippen LogP contribution < -0.4 is 20.5 Å². The van der Waals surface area contributed by atoms with Crippen molar-refractivity contribution in [1.29, 1.82) is 0 Å². The fourth-order valence-corrected chi connectivity index (χ4v) is 1.89. The quantitative estimate of drug-likeness (QED) is 0.643. The molecule has 0 amide bonds. The van der Waals surface area contributed by atoms with Crippen molar-refractivity contribution < 1.29 is 9.47 Å². The van der Waals surface area contributed by atoms with Crippen LogP contribution in [0.3, 0.4) is 0 Å². The highest BCUT2D eigenvalue weighted by Crippen LogP contribution is 2.33. The lowest BCUT2D eigenvalue weighted by atomic mass is 10.2. The van der Waals surface area contributed by atoms with Gasteiger partial charge in [0.05, 0.1) is 19.8 Å². The first-order chi connectivity index (χ1) is 9.16. The molecule has 1 aromatic rings. The molecular formula is C14H21N3O2. The predicted octanol–water partition coefficient (Wildman–Crippen LogP) is 1.66. The normalized spacial score (nSPS) is 15.2. The maximum absolute atomic E-state index is 5.80. The maximum atomic E-state index is 5.80. The van der Waals surface area contributed by atoms with Crippen LogP contribution in [0.5, 0.6) is 11.5 Å². The van der Waals surface area contributed by atoms with Crippen molar-refractivity contribution in [1.82, 2.24) is 5.32 Å². The molecule has 0 radical (unpaired) electrons. The summed E-state index contributed by atoms with van der Waals surface area (Å²) in [5, 5.41) is 3.06. The second kappa shape index (κ2) is 6.31. The lowest BCUT2D eigenvalue weighted by Crippen LogP contribution is -2.36. The van der Waals surface area contributed by atoms with E-state index in [2.05, 4.69) is 10.3 Å². The first-order valence-corrected chi connectivity index (χ1v) is 6.61. The zero-order valence-corrected chi connectivity index (χ0v) is 11.5. The van der Waals surface area contributed by atoms with E-state index in [0.29, 0.717) is 25.7 Å². The minimum Gasteiger partial charge on any atom is -0.490 e. The van der Waals surface area contributed by atoms with Gasteiger partial charge in [-0.3, -0.25) is 0 Å². The van der Waals surface area contributed by atoms with Gasteiger partial charge in [0.15, 0.2) is 17.5 Å². The van der Waals surface area contributed by atoms with Crippen LogP contribution >= 0.6 is 0 Å². The Hall–Kier alpha value is -1.91. The molecule has 0 bridgehead atoms. The van der Waals surface area contributed by atoms with Crippen LogP contribution in [0.2, 0.25) is 0 Å². The number of fused-ring (bicyclic) bond motifs is 1. The van der Waals surface area contributed by atoms with Crippen molar-refractivity contribution in [3.8, 4) is 11.5 Å². The van der Waals surface area contributed by atoms with Crippen molar-refractivity contribution in [3.05, 3.63) is 23.8 Å². The first kappa shape index (κ1) is 13.5. The molecule has 0 unspecified atom stereocenters. The molecule has 5 nitrogen and oxygen atoms in total. The molecule has 1 aromatic carbocycles. The van der Waals surface area contributed by atoms with E-state index in [0.717, 1.165) is 23.5 Å². The molecule has 104 valence electrons. The van der Waals surface area contributed by atoms with E-state index in [1.54, 1.807) is 0 Å². The van der Waals surface area contributed by atoms with Gasteiger partial charge in [0.1, 0.15) is 0 Å². The molecule has 1 heterocycles. The Bertz CT molecular complexity index is 458. The number of hydrogen-bond donors (Lipinski definition) is 2. The summed E-state index contributed by atoms with van der Waals surface area (Å²) in [6.07, 6.45) is 0.897. The number of rotatable bonds is 3. The summed E-state index contributed by atoms with van der Waals surface area (Å²) in [5.41, 5.74) is 6.79. The van der Waals surface area contributed by atoms with E-state index in [-0.39, 0.29) is 6.04 Å². The summed E-state index contributed by atoms with van der Waals surface area (Å²) in [6.45, 7) is 5.89. The Morgan fingerprint density at radius 2 is 2.16 bits per heavy atom. The third-order valence-electron chi connectivity index (χ3n) is 2.71. The number of nitrogens with zero attached hydrogens (tertiary/aromatic N) is 1. The average Bonchev–Trinajstić information content (AvgIpc) is 2.60. The minimum absolute atomic E-state index is 0.274. The first-order valence-electron chi connectivity index (χ1n) is 6.61. The number of para-hydroxylation sites is 1. The molecule has 19 heavy (non-hydrogen) atoms. The number of aliphatic imine (C=N–C) groups is 1. The minimum atomic E-state index is 0.274. The summed E-state index contributed by atoms with van der Waals surface area (Å²) >= 11 is 0. The van der Waals surface area contributed by atoms with Crippen LogP contribution in [-0.4, -0.2) is 25.2 Å². The summed E-state index contributed by atoms with van der Waals surface area (Å²) in [4.78, 5) is 4.32. The summed E-state index contributed by atoms with van der Waals surface area (Å²) in [5.74, 6) is 2.03. The molecule has 0 fully saturated rings. The van der Waals surface area contributed by atoms with Gasteiger partial charge in [-0.05, 0) is 19.9 Å². The average molecular weight is 263 g/mol. The summed E-state index contributed by atoms with van der Waals surface area (Å²) in [6, 6.07) is 6.13. The van der Waals surface area contributed by atoms with Gasteiger partial charge in [-0.25, -0.2) is 4.99 Å². The molecule has 0 spiro atoms. The van der Waals surface area contributed by atoms with E-state index < -0.39 is 0 Å². The SMILES string of the molecule is CC(C)NC(N)=NCc1cccc2c1OCCCO2. The maximum Gasteiger partial charge on any atom is 0.189 e. The number of hydrogen-bond acceptors (Lipinski definition) is 3. The third kappa shape index (κ3) is 3.77. The Labute approximate surface area is 113 Å². The second-order valence-electron chi connectivity index (χ2n) is 4.80. The molecule has 0 aromatic heterocycles. The van der Waals surface area contributed by atoms with Gasteiger partial charge in [0, 0.05) is 18.0 Å². The molecule has 3 N–H and O–H groups in total. The molecular weight excluding hydrogens is 242 g/mol. The van der Waals surface area contributed by atoms with Crippen LogP contribution in [0.4, 0.5) is 0 Å². The second-order valence-corrected chi connectivity index (χ2v) is 4.80.